The second-order valence-corrected chi connectivity index (χ2v) is 10.1. The van der Waals surface area contributed by atoms with Gasteiger partial charge in [0.05, 0.1) is 6.54 Å². The Morgan fingerprint density at radius 3 is 2.66 bits per heavy atom. The van der Waals surface area contributed by atoms with Gasteiger partial charge >= 0.3 is 0 Å². The molecular weight excluding hydrogens is 412 g/mol. The van der Waals surface area contributed by atoms with Gasteiger partial charge in [0.2, 0.25) is 10.0 Å². The maximum Gasteiger partial charge on any atom is 0.265 e. The fraction of sp³-hybridized carbons (Fsp3) is 0.450. The maximum absolute atomic E-state index is 13.0. The number of rotatable bonds is 5. The number of ether oxygens (including phenoxy) is 2. The molecule has 2 aliphatic rings. The Kier molecular flexibility index (Phi) is 5.80. The van der Waals surface area contributed by atoms with E-state index in [0.29, 0.717) is 37.7 Å². The molecule has 0 radical (unpaired) electrons. The Bertz CT molecular complexity index is 982. The van der Waals surface area contributed by atoms with E-state index in [9.17, 15) is 13.2 Å². The van der Waals surface area contributed by atoms with Gasteiger partial charge in [-0.25, -0.2) is 8.42 Å². The fourth-order valence-electron chi connectivity index (χ4n) is 3.62. The highest BCUT2D eigenvalue weighted by Gasteiger charge is 2.33. The largest absolute Gasteiger partial charge is 0.486 e. The molecule has 1 saturated heterocycles. The molecule has 0 N–H and O–H groups in total. The number of hydrogen-bond acceptors (Lipinski definition) is 6. The Hall–Kier alpha value is -2.10. The predicted molar refractivity (Wildman–Crippen MR) is 110 cm³/mol. The topological polar surface area (TPSA) is 76.1 Å². The third-order valence-electron chi connectivity index (χ3n) is 5.15. The van der Waals surface area contributed by atoms with Crippen LogP contribution in [-0.4, -0.2) is 62.9 Å². The first-order valence-corrected chi connectivity index (χ1v) is 12.0. The molecule has 1 aromatic heterocycles. The molecule has 2 aliphatic heterocycles. The molecule has 29 heavy (non-hydrogen) atoms. The molecule has 0 saturated carbocycles. The van der Waals surface area contributed by atoms with Crippen LogP contribution in [0.25, 0.3) is 0 Å². The number of hydrogen-bond donors (Lipinski definition) is 0. The van der Waals surface area contributed by atoms with Gasteiger partial charge in [0.15, 0.2) is 17.6 Å². The van der Waals surface area contributed by atoms with E-state index in [4.69, 9.17) is 9.47 Å². The molecule has 0 spiro atoms. The third kappa shape index (κ3) is 4.12. The van der Waals surface area contributed by atoms with Gasteiger partial charge in [-0.05, 0) is 36.4 Å². The summed E-state index contributed by atoms with van der Waals surface area (Å²) >= 11 is 1.16. The molecule has 7 nitrogen and oxygen atoms in total. The van der Waals surface area contributed by atoms with E-state index < -0.39 is 10.0 Å². The van der Waals surface area contributed by atoms with Crippen molar-refractivity contribution in [2.24, 2.45) is 0 Å². The Labute approximate surface area is 174 Å². The molecule has 1 fully saturated rings. The van der Waals surface area contributed by atoms with Crippen LogP contribution in [0.3, 0.4) is 0 Å². The van der Waals surface area contributed by atoms with Gasteiger partial charge in [-0.3, -0.25) is 4.79 Å². The lowest BCUT2D eigenvalue weighted by molar-refractivity contribution is 0.0521. The highest BCUT2D eigenvalue weighted by molar-refractivity contribution is 7.89. The van der Waals surface area contributed by atoms with Crippen molar-refractivity contribution in [2.45, 2.75) is 30.3 Å². The van der Waals surface area contributed by atoms with Crippen molar-refractivity contribution in [3.05, 3.63) is 40.6 Å². The predicted octanol–water partition coefficient (Wildman–Crippen LogP) is 2.83. The van der Waals surface area contributed by atoms with Crippen LogP contribution in [0, 0.1) is 0 Å². The van der Waals surface area contributed by atoms with Crippen LogP contribution >= 0.6 is 11.3 Å². The zero-order valence-electron chi connectivity index (χ0n) is 16.2. The number of sulfonamides is 1. The van der Waals surface area contributed by atoms with Crippen LogP contribution in [-0.2, 0) is 10.0 Å². The van der Waals surface area contributed by atoms with Crippen LogP contribution in [0.5, 0.6) is 11.5 Å². The standard InChI is InChI=1S/C20H24N2O5S2/c1-21(13-15-14-26-16-7-3-4-8-17(16)27-15)20(23)19-18(9-12-28-19)29(24,25)22-10-5-2-6-11-22/h3-4,7-9,12,15H,2,5-6,10-11,13-14H2,1H3/t15-/m1/s1. The van der Waals surface area contributed by atoms with E-state index in [-0.39, 0.29) is 21.8 Å². The zero-order valence-corrected chi connectivity index (χ0v) is 17.9. The van der Waals surface area contributed by atoms with Gasteiger partial charge in [-0.15, -0.1) is 11.3 Å². The molecule has 0 aliphatic carbocycles. The SMILES string of the molecule is CN(C[C@@H]1COc2ccccc2O1)C(=O)c1sccc1S(=O)(=O)N1CCCCC1. The summed E-state index contributed by atoms with van der Waals surface area (Å²) in [5, 5.41) is 1.66. The van der Waals surface area contributed by atoms with Gasteiger partial charge in [-0.1, -0.05) is 18.6 Å². The van der Waals surface area contributed by atoms with Crippen LogP contribution in [0.2, 0.25) is 0 Å². The van der Waals surface area contributed by atoms with Crippen molar-refractivity contribution in [3.8, 4) is 11.5 Å². The van der Waals surface area contributed by atoms with Crippen LogP contribution in [0.4, 0.5) is 0 Å². The third-order valence-corrected chi connectivity index (χ3v) is 8.12. The molecule has 4 rings (SSSR count). The lowest BCUT2D eigenvalue weighted by atomic mass is 10.2. The average Bonchev–Trinajstić information content (AvgIpc) is 3.24. The molecule has 1 atom stereocenters. The first kappa shape index (κ1) is 20.2. The second-order valence-electron chi connectivity index (χ2n) is 7.26. The molecule has 1 aromatic carbocycles. The molecule has 0 unspecified atom stereocenters. The summed E-state index contributed by atoms with van der Waals surface area (Å²) in [6.45, 7) is 1.65. The summed E-state index contributed by atoms with van der Waals surface area (Å²) in [7, 11) is -2.00. The quantitative estimate of drug-likeness (QED) is 0.720. The highest BCUT2D eigenvalue weighted by Crippen LogP contribution is 2.32. The van der Waals surface area contributed by atoms with Crippen LogP contribution in [0.15, 0.2) is 40.6 Å². The Balaban J connectivity index is 1.47. The van der Waals surface area contributed by atoms with Crippen LogP contribution in [0.1, 0.15) is 28.9 Å². The van der Waals surface area contributed by atoms with E-state index >= 15 is 0 Å². The van der Waals surface area contributed by atoms with Crippen molar-refractivity contribution < 1.29 is 22.7 Å². The summed E-state index contributed by atoms with van der Waals surface area (Å²) in [6.07, 6.45) is 2.43. The van der Waals surface area contributed by atoms with Gasteiger partial charge in [0.25, 0.3) is 5.91 Å². The molecule has 1 amide bonds. The molecule has 3 heterocycles. The van der Waals surface area contributed by atoms with E-state index in [2.05, 4.69) is 0 Å². The minimum atomic E-state index is -3.66. The smallest absolute Gasteiger partial charge is 0.265 e. The summed E-state index contributed by atoms with van der Waals surface area (Å²) in [5.74, 6) is 1.01. The fourth-order valence-corrected chi connectivity index (χ4v) is 6.52. The van der Waals surface area contributed by atoms with E-state index in [0.717, 1.165) is 30.6 Å². The van der Waals surface area contributed by atoms with Crippen molar-refractivity contribution in [2.75, 3.05) is 33.3 Å². The lowest BCUT2D eigenvalue weighted by Crippen LogP contribution is -2.42. The van der Waals surface area contributed by atoms with Crippen LogP contribution < -0.4 is 9.47 Å². The zero-order chi connectivity index (χ0) is 20.4. The van der Waals surface area contributed by atoms with E-state index in [1.54, 1.807) is 12.4 Å². The van der Waals surface area contributed by atoms with Crippen molar-refractivity contribution in [1.82, 2.24) is 9.21 Å². The number of thiophene rings is 1. The average molecular weight is 437 g/mol. The van der Waals surface area contributed by atoms with Gasteiger partial charge in [-0.2, -0.15) is 4.31 Å². The van der Waals surface area contributed by atoms with Crippen molar-refractivity contribution in [3.63, 3.8) is 0 Å². The molecule has 0 bridgehead atoms. The maximum atomic E-state index is 13.0. The van der Waals surface area contributed by atoms with E-state index in [1.165, 1.54) is 15.3 Å². The van der Waals surface area contributed by atoms with Crippen molar-refractivity contribution in [1.29, 1.82) is 0 Å². The highest BCUT2D eigenvalue weighted by atomic mass is 32.2. The molecular formula is C20H24N2O5S2. The van der Waals surface area contributed by atoms with Gasteiger partial charge in [0, 0.05) is 20.1 Å². The monoisotopic (exact) mass is 436 g/mol. The summed E-state index contributed by atoms with van der Waals surface area (Å²) in [4.78, 5) is 14.9. The van der Waals surface area contributed by atoms with Gasteiger partial charge < -0.3 is 14.4 Å². The Morgan fingerprint density at radius 1 is 1.17 bits per heavy atom. The second kappa shape index (κ2) is 8.33. The number of piperidine rings is 1. The summed E-state index contributed by atoms with van der Waals surface area (Å²) < 4.78 is 39.2. The van der Waals surface area contributed by atoms with E-state index in [1.807, 2.05) is 24.3 Å². The first-order chi connectivity index (χ1) is 14.0. The number of carbonyl (C=O) groups is 1. The number of likely N-dealkylation sites (N-methyl/N-ethyl adjacent to an activating group) is 1. The number of nitrogens with zero attached hydrogens (tertiary/aromatic N) is 2. The minimum Gasteiger partial charge on any atom is -0.486 e. The number of amides is 1. The molecule has 2 aromatic rings. The van der Waals surface area contributed by atoms with Crippen molar-refractivity contribution >= 4 is 27.3 Å². The number of fused-ring (bicyclic) bond motifs is 1. The first-order valence-electron chi connectivity index (χ1n) is 9.68. The number of benzene rings is 1. The Morgan fingerprint density at radius 2 is 1.90 bits per heavy atom. The number of para-hydroxylation sites is 2. The summed E-state index contributed by atoms with van der Waals surface area (Å²) in [6, 6.07) is 8.93. The normalized spacial score (nSPS) is 19.7. The number of carbonyl (C=O) groups excluding carboxylic acids is 1. The molecule has 156 valence electrons. The minimum absolute atomic E-state index is 0.104. The van der Waals surface area contributed by atoms with Gasteiger partial charge in [0.1, 0.15) is 16.4 Å². The summed E-state index contributed by atoms with van der Waals surface area (Å²) in [5.41, 5.74) is 0. The lowest BCUT2D eigenvalue weighted by Gasteiger charge is -2.30. The molecule has 9 heteroatoms.